The van der Waals surface area contributed by atoms with Crippen LogP contribution in [0.5, 0.6) is 0 Å². The van der Waals surface area contributed by atoms with Gasteiger partial charge in [0.15, 0.2) is 5.78 Å². The molecule has 2 aliphatic rings. The Hall–Kier alpha value is -3.41. The van der Waals surface area contributed by atoms with E-state index in [9.17, 15) is 4.79 Å². The summed E-state index contributed by atoms with van der Waals surface area (Å²) in [4.78, 5) is 20.9. The van der Waals surface area contributed by atoms with E-state index in [2.05, 4.69) is 42.2 Å². The summed E-state index contributed by atoms with van der Waals surface area (Å²) in [6.07, 6.45) is 11.6. The summed E-state index contributed by atoms with van der Waals surface area (Å²) >= 11 is 0. The van der Waals surface area contributed by atoms with Gasteiger partial charge in [0, 0.05) is 48.5 Å². The third-order valence-corrected chi connectivity index (χ3v) is 6.05. The number of rotatable bonds is 6. The number of hydrogen-bond donors (Lipinski definition) is 2. The number of Topliss-reactive ketones (excluding diaryl/α,β-unsaturated/α-hetero) is 1. The Balaban J connectivity index is 0.000000287. The molecule has 0 unspecified atom stereocenters. The smallest absolute Gasteiger partial charge is 0.162 e. The number of hydrogen-bond acceptors (Lipinski definition) is 5. The highest BCUT2D eigenvalue weighted by Crippen LogP contribution is 2.35. The zero-order valence-corrected chi connectivity index (χ0v) is 23.7. The maximum Gasteiger partial charge on any atom is 0.162 e. The fraction of sp³-hybridized carbons (Fsp3) is 0.452. The van der Waals surface area contributed by atoms with E-state index in [1.54, 1.807) is 20.2 Å². The minimum Gasteiger partial charge on any atom is -0.398 e. The molecule has 1 aromatic carbocycles. The van der Waals surface area contributed by atoms with Gasteiger partial charge in [-0.15, -0.1) is 0 Å². The van der Waals surface area contributed by atoms with Crippen molar-refractivity contribution in [1.82, 2.24) is 4.57 Å². The summed E-state index contributed by atoms with van der Waals surface area (Å²) in [6, 6.07) is 7.80. The number of nitrogen functional groups attached to an aromatic ring is 2. The monoisotopic (exact) mass is 503 g/mol. The van der Waals surface area contributed by atoms with Crippen LogP contribution < -0.4 is 11.5 Å². The first kappa shape index (κ1) is 29.8. The molecule has 0 saturated heterocycles. The number of nitrogens with two attached hydrogens (primary N) is 2. The molecular weight excluding hydrogens is 458 g/mol. The van der Waals surface area contributed by atoms with E-state index < -0.39 is 0 Å². The largest absolute Gasteiger partial charge is 0.398 e. The van der Waals surface area contributed by atoms with Gasteiger partial charge in [0.05, 0.1) is 17.9 Å². The molecule has 6 nitrogen and oxygen atoms in total. The molecule has 1 aromatic heterocycles. The van der Waals surface area contributed by atoms with E-state index in [0.717, 1.165) is 46.3 Å². The third-order valence-electron chi connectivity index (χ3n) is 6.05. The van der Waals surface area contributed by atoms with E-state index >= 15 is 0 Å². The molecule has 0 bridgehead atoms. The first-order valence-electron chi connectivity index (χ1n) is 13.3. The van der Waals surface area contributed by atoms with Crippen molar-refractivity contribution in [1.29, 1.82) is 0 Å². The molecule has 0 spiro atoms. The van der Waals surface area contributed by atoms with Gasteiger partial charge in [0.2, 0.25) is 0 Å². The highest BCUT2D eigenvalue weighted by atomic mass is 16.1. The van der Waals surface area contributed by atoms with Crippen LogP contribution in [0.25, 0.3) is 5.57 Å². The van der Waals surface area contributed by atoms with Crippen LogP contribution in [0.3, 0.4) is 0 Å². The average Bonchev–Trinajstić information content (AvgIpc) is 3.61. The SMILES string of the molecule is CC(=O)/C(=C1\C=CC(C(C)C)=NC1)c1c(N)ccn1CC1CC1.CCC.CN=Cc1cc(C)ccc1N. The zero-order valence-electron chi connectivity index (χ0n) is 23.7. The van der Waals surface area contributed by atoms with Crippen molar-refractivity contribution in [3.8, 4) is 0 Å². The van der Waals surface area contributed by atoms with Crippen LogP contribution in [0.1, 0.15) is 70.7 Å². The molecule has 4 rings (SSSR count). The zero-order chi connectivity index (χ0) is 27.5. The van der Waals surface area contributed by atoms with Crippen molar-refractivity contribution in [2.24, 2.45) is 21.8 Å². The number of ketones is 1. The second-order valence-corrected chi connectivity index (χ2v) is 10.1. The molecule has 0 amide bonds. The normalized spacial score (nSPS) is 16.1. The number of nitrogens with zero attached hydrogens (tertiary/aromatic N) is 3. The first-order valence-corrected chi connectivity index (χ1v) is 13.3. The van der Waals surface area contributed by atoms with Crippen molar-refractivity contribution >= 4 is 34.7 Å². The molecule has 0 radical (unpaired) electrons. The van der Waals surface area contributed by atoms with Crippen LogP contribution in [-0.2, 0) is 11.3 Å². The predicted molar refractivity (Wildman–Crippen MR) is 161 cm³/mol. The molecular formula is C31H45N5O. The Labute approximate surface area is 223 Å². The predicted octanol–water partition coefficient (Wildman–Crippen LogP) is 6.53. The van der Waals surface area contributed by atoms with Gasteiger partial charge in [-0.25, -0.2) is 0 Å². The van der Waals surface area contributed by atoms with E-state index in [1.165, 1.54) is 24.8 Å². The fourth-order valence-corrected chi connectivity index (χ4v) is 4.00. The van der Waals surface area contributed by atoms with E-state index in [4.69, 9.17) is 11.5 Å². The van der Waals surface area contributed by atoms with Gasteiger partial charge < -0.3 is 16.0 Å². The lowest BCUT2D eigenvalue weighted by Gasteiger charge is -2.17. The lowest BCUT2D eigenvalue weighted by atomic mass is 9.96. The average molecular weight is 504 g/mol. The Kier molecular flexibility index (Phi) is 11.6. The molecule has 1 fully saturated rings. The molecule has 200 valence electrons. The van der Waals surface area contributed by atoms with E-state index in [-0.39, 0.29) is 5.78 Å². The molecule has 0 atom stereocenters. The highest BCUT2D eigenvalue weighted by molar-refractivity contribution is 6.22. The number of aryl methyl sites for hydroxylation is 1. The maximum absolute atomic E-state index is 12.4. The van der Waals surface area contributed by atoms with Gasteiger partial charge in [-0.2, -0.15) is 0 Å². The molecule has 4 N–H and O–H groups in total. The van der Waals surface area contributed by atoms with Crippen molar-refractivity contribution in [3.63, 3.8) is 0 Å². The molecule has 6 heteroatoms. The summed E-state index contributed by atoms with van der Waals surface area (Å²) < 4.78 is 2.15. The van der Waals surface area contributed by atoms with Crippen LogP contribution in [-0.4, -0.2) is 35.9 Å². The van der Waals surface area contributed by atoms with Crippen LogP contribution in [0.2, 0.25) is 0 Å². The summed E-state index contributed by atoms with van der Waals surface area (Å²) in [5, 5.41) is 0. The summed E-state index contributed by atoms with van der Waals surface area (Å²) in [5.41, 5.74) is 19.2. The molecule has 1 aliphatic carbocycles. The fourth-order valence-electron chi connectivity index (χ4n) is 4.00. The number of aliphatic imine (C=N–C) groups is 2. The van der Waals surface area contributed by atoms with E-state index in [1.807, 2.05) is 49.5 Å². The van der Waals surface area contributed by atoms with Gasteiger partial charge in [0.25, 0.3) is 0 Å². The summed E-state index contributed by atoms with van der Waals surface area (Å²) in [7, 11) is 1.74. The van der Waals surface area contributed by atoms with Crippen LogP contribution in [0, 0.1) is 18.8 Å². The summed E-state index contributed by atoms with van der Waals surface area (Å²) in [5.74, 6) is 1.18. The van der Waals surface area contributed by atoms with Crippen molar-refractivity contribution in [2.45, 2.75) is 67.3 Å². The van der Waals surface area contributed by atoms with Gasteiger partial charge >= 0.3 is 0 Å². The van der Waals surface area contributed by atoms with Gasteiger partial charge in [-0.05, 0) is 68.4 Å². The minimum absolute atomic E-state index is 0.0512. The van der Waals surface area contributed by atoms with Crippen molar-refractivity contribution in [2.75, 3.05) is 25.1 Å². The van der Waals surface area contributed by atoms with Crippen LogP contribution in [0.15, 0.2) is 58.2 Å². The number of aromatic nitrogens is 1. The Bertz CT molecular complexity index is 1180. The van der Waals surface area contributed by atoms with Crippen molar-refractivity contribution in [3.05, 3.63) is 65.0 Å². The Morgan fingerprint density at radius 1 is 1.16 bits per heavy atom. The second kappa shape index (κ2) is 14.4. The van der Waals surface area contributed by atoms with E-state index in [0.29, 0.717) is 18.2 Å². The Morgan fingerprint density at radius 2 is 1.84 bits per heavy atom. The van der Waals surface area contributed by atoms with Crippen LogP contribution >= 0.6 is 0 Å². The van der Waals surface area contributed by atoms with Gasteiger partial charge in [-0.1, -0.05) is 51.8 Å². The quantitative estimate of drug-likeness (QED) is 0.266. The first-order chi connectivity index (χ1) is 17.6. The minimum atomic E-state index is 0.0512. The number of anilines is 2. The molecule has 2 heterocycles. The standard InChI is InChI=1S/C19H25N3O.C9H12N2.C3H8/c1-12(2)17-7-6-15(10-21-17)18(13(3)23)19-16(20)8-9-22(19)11-14-4-5-14;1-7-3-4-9(10)8(5-7)6-11-2;1-3-2/h6-9,12,14H,4-5,10-11,20H2,1-3H3;3-6H,10H2,1-2H3;3H2,1-2H3/b18-15-;;. The van der Waals surface area contributed by atoms with Crippen molar-refractivity contribution < 1.29 is 4.79 Å². The van der Waals surface area contributed by atoms with Gasteiger partial charge in [0.1, 0.15) is 0 Å². The second-order valence-electron chi connectivity index (χ2n) is 10.1. The lowest BCUT2D eigenvalue weighted by molar-refractivity contribution is -0.111. The van der Waals surface area contributed by atoms with Gasteiger partial charge in [-0.3, -0.25) is 14.8 Å². The highest BCUT2D eigenvalue weighted by Gasteiger charge is 2.26. The molecule has 37 heavy (non-hydrogen) atoms. The number of allylic oxidation sites excluding steroid dienone is 2. The maximum atomic E-state index is 12.4. The Morgan fingerprint density at radius 3 is 2.35 bits per heavy atom. The number of carbonyl (C=O) groups is 1. The lowest BCUT2D eigenvalue weighted by Crippen LogP contribution is -2.14. The number of carbonyl (C=O) groups excluding carboxylic acids is 1. The molecule has 1 aliphatic heterocycles. The summed E-state index contributed by atoms with van der Waals surface area (Å²) in [6.45, 7) is 13.6. The number of dihydropyridines is 1. The molecule has 2 aromatic rings. The molecule has 1 saturated carbocycles. The topological polar surface area (TPSA) is 98.8 Å². The third kappa shape index (κ3) is 8.88. The van der Waals surface area contributed by atoms with Crippen LogP contribution in [0.4, 0.5) is 11.4 Å². The number of benzene rings is 1.